The number of hydrogen-bond acceptors (Lipinski definition) is 10. The van der Waals surface area contributed by atoms with Gasteiger partial charge in [-0.15, -0.1) is 0 Å². The number of hydrogen-bond donors (Lipinski definition) is 0. The Balaban J connectivity index is 0.000000146. The van der Waals surface area contributed by atoms with Crippen LogP contribution in [-0.4, -0.2) is 88.0 Å². The van der Waals surface area contributed by atoms with Crippen molar-refractivity contribution in [2.24, 2.45) is 23.7 Å². The van der Waals surface area contributed by atoms with Gasteiger partial charge >= 0.3 is 0 Å². The molecule has 4 aromatic carbocycles. The van der Waals surface area contributed by atoms with Gasteiger partial charge in [-0.05, 0) is 83.6 Å². The van der Waals surface area contributed by atoms with Gasteiger partial charge in [0.15, 0.2) is 23.0 Å². The number of fused-ring (bicyclic) bond motifs is 10. The minimum atomic E-state index is -0.357. The van der Waals surface area contributed by atoms with Gasteiger partial charge in [-0.2, -0.15) is 0 Å². The van der Waals surface area contributed by atoms with Crippen LogP contribution in [0, 0.1) is 23.7 Å². The van der Waals surface area contributed by atoms with Crippen LogP contribution in [0.25, 0.3) is 0 Å². The predicted octanol–water partition coefficient (Wildman–Crippen LogP) is 4.84. The van der Waals surface area contributed by atoms with Crippen LogP contribution in [-0.2, 0) is 32.0 Å². The molecule has 12 heteroatoms. The molecule has 0 unspecified atom stereocenters. The molecule has 0 aromatic heterocycles. The third kappa shape index (κ3) is 5.48. The standard InChI is InChI=1S/2C22H22N2O4/c2*1-27-17-10-13-8-9-23-12-16-19(20(23)15(13)11-18(17)28-2)22(26)24(21(16)25)14-6-4-3-5-7-14/h2*3-7,10-11,16,19-20H,8-9,12H2,1-2H3/t2*16-,19-,20+/m11/s1. The van der Waals surface area contributed by atoms with Crippen molar-refractivity contribution in [3.8, 4) is 23.0 Å². The van der Waals surface area contributed by atoms with Crippen LogP contribution in [0.3, 0.4) is 0 Å². The van der Waals surface area contributed by atoms with E-state index in [2.05, 4.69) is 9.80 Å². The Kier molecular flexibility index (Phi) is 9.05. The number of ether oxygens (including phenoxy) is 4. The van der Waals surface area contributed by atoms with Crippen LogP contribution >= 0.6 is 0 Å². The van der Waals surface area contributed by atoms with Crippen LogP contribution < -0.4 is 28.7 Å². The minimum Gasteiger partial charge on any atom is -0.493 e. The highest BCUT2D eigenvalue weighted by molar-refractivity contribution is 6.23. The van der Waals surface area contributed by atoms with Gasteiger partial charge in [-0.1, -0.05) is 36.4 Å². The van der Waals surface area contributed by atoms with Crippen LogP contribution in [0.2, 0.25) is 0 Å². The van der Waals surface area contributed by atoms with Gasteiger partial charge < -0.3 is 18.9 Å². The summed E-state index contributed by atoms with van der Waals surface area (Å²) in [5.41, 5.74) is 5.79. The number of carbonyl (C=O) groups is 4. The number of para-hydroxylation sites is 2. The van der Waals surface area contributed by atoms with Gasteiger partial charge in [0, 0.05) is 38.3 Å². The minimum absolute atomic E-state index is 0.0855. The Labute approximate surface area is 325 Å². The van der Waals surface area contributed by atoms with Crippen molar-refractivity contribution in [3.05, 3.63) is 107 Å². The number of benzene rings is 4. The lowest BCUT2D eigenvalue weighted by Crippen LogP contribution is -2.40. The zero-order valence-corrected chi connectivity index (χ0v) is 31.8. The van der Waals surface area contributed by atoms with E-state index >= 15 is 0 Å². The molecule has 6 heterocycles. The molecule has 56 heavy (non-hydrogen) atoms. The average Bonchev–Trinajstić information content (AvgIpc) is 3.95. The largest absolute Gasteiger partial charge is 0.493 e. The van der Waals surface area contributed by atoms with Crippen LogP contribution in [0.4, 0.5) is 11.4 Å². The summed E-state index contributed by atoms with van der Waals surface area (Å²) in [6, 6.07) is 26.2. The van der Waals surface area contributed by atoms with Gasteiger partial charge in [0.1, 0.15) is 0 Å². The Morgan fingerprint density at radius 1 is 0.482 bits per heavy atom. The third-order valence-electron chi connectivity index (χ3n) is 12.6. The normalized spacial score (nSPS) is 26.1. The summed E-state index contributed by atoms with van der Waals surface area (Å²) in [5.74, 6) is 1.03. The topological polar surface area (TPSA) is 118 Å². The van der Waals surface area contributed by atoms with E-state index in [9.17, 15) is 19.2 Å². The second-order valence-electron chi connectivity index (χ2n) is 15.2. The average molecular weight is 757 g/mol. The number of anilines is 2. The number of imide groups is 2. The van der Waals surface area contributed by atoms with E-state index in [4.69, 9.17) is 18.9 Å². The molecular weight excluding hydrogens is 713 g/mol. The molecule has 4 fully saturated rings. The summed E-state index contributed by atoms with van der Waals surface area (Å²) >= 11 is 0. The third-order valence-corrected chi connectivity index (χ3v) is 12.6. The Morgan fingerprint density at radius 3 is 1.20 bits per heavy atom. The van der Waals surface area contributed by atoms with Crippen LogP contribution in [0.1, 0.15) is 34.3 Å². The molecule has 0 radical (unpaired) electrons. The second kappa shape index (κ2) is 14.1. The van der Waals surface area contributed by atoms with Gasteiger partial charge in [-0.25, -0.2) is 9.80 Å². The molecule has 6 atom stereocenters. The first-order valence-electron chi connectivity index (χ1n) is 19.1. The number of amides is 4. The molecular formula is C44H44N4O8. The maximum atomic E-state index is 13.4. The molecule has 288 valence electrons. The van der Waals surface area contributed by atoms with E-state index in [1.54, 1.807) is 28.4 Å². The fourth-order valence-electron chi connectivity index (χ4n) is 10.1. The van der Waals surface area contributed by atoms with Crippen molar-refractivity contribution in [2.45, 2.75) is 24.9 Å². The monoisotopic (exact) mass is 756 g/mol. The van der Waals surface area contributed by atoms with Gasteiger partial charge in [0.2, 0.25) is 23.6 Å². The molecule has 0 N–H and O–H groups in total. The fraction of sp³-hybridized carbons (Fsp3) is 0.364. The summed E-state index contributed by atoms with van der Waals surface area (Å²) in [6.45, 7) is 2.92. The fourth-order valence-corrected chi connectivity index (χ4v) is 10.1. The Morgan fingerprint density at radius 2 is 0.839 bits per heavy atom. The van der Waals surface area contributed by atoms with Crippen molar-refractivity contribution >= 4 is 35.0 Å². The predicted molar refractivity (Wildman–Crippen MR) is 207 cm³/mol. The molecule has 6 aliphatic rings. The zero-order valence-electron chi connectivity index (χ0n) is 31.8. The Hall–Kier alpha value is -5.72. The molecule has 0 aliphatic carbocycles. The molecule has 0 spiro atoms. The highest BCUT2D eigenvalue weighted by Gasteiger charge is 2.60. The summed E-state index contributed by atoms with van der Waals surface area (Å²) in [4.78, 5) is 60.3. The summed E-state index contributed by atoms with van der Waals surface area (Å²) in [5, 5.41) is 0. The first-order chi connectivity index (χ1) is 27.3. The van der Waals surface area contributed by atoms with Crippen molar-refractivity contribution < 1.29 is 38.1 Å². The maximum Gasteiger partial charge on any atom is 0.239 e. The van der Waals surface area contributed by atoms with E-state index in [0.717, 1.165) is 48.2 Å². The van der Waals surface area contributed by atoms with E-state index in [-0.39, 0.29) is 59.4 Å². The van der Waals surface area contributed by atoms with Gasteiger partial charge in [0.05, 0.1) is 63.5 Å². The molecule has 0 saturated carbocycles. The van der Waals surface area contributed by atoms with Crippen molar-refractivity contribution in [3.63, 3.8) is 0 Å². The number of nitrogens with zero attached hydrogens (tertiary/aromatic N) is 4. The van der Waals surface area contributed by atoms with E-state index in [1.165, 1.54) is 9.80 Å². The summed E-state index contributed by atoms with van der Waals surface area (Å²) in [6.07, 6.45) is 1.74. The summed E-state index contributed by atoms with van der Waals surface area (Å²) in [7, 11) is 6.48. The second-order valence-corrected chi connectivity index (χ2v) is 15.2. The molecule has 10 rings (SSSR count). The summed E-state index contributed by atoms with van der Waals surface area (Å²) < 4.78 is 21.9. The lowest BCUT2D eigenvalue weighted by molar-refractivity contribution is -0.125. The SMILES string of the molecule is COc1cc2c(cc1OC)[C@H]1[C@@H]3C(=O)N(c4ccccc4)C(=O)[C@@H]3CN1CC2.COc1cc2c(cc1OC)[C@H]1[C@@H]3C(=O)N(c4ccccc4)C(=O)[C@@H]3CN1CC2. The van der Waals surface area contributed by atoms with E-state index in [1.807, 2.05) is 84.9 Å². The van der Waals surface area contributed by atoms with Gasteiger partial charge in [0.25, 0.3) is 0 Å². The number of methoxy groups -OCH3 is 4. The zero-order chi connectivity index (χ0) is 38.8. The molecule has 0 bridgehead atoms. The highest BCUT2D eigenvalue weighted by atomic mass is 16.5. The molecule has 4 aromatic rings. The first kappa shape index (κ1) is 35.9. The molecule has 6 aliphatic heterocycles. The number of carbonyl (C=O) groups excluding carboxylic acids is 4. The lowest BCUT2D eigenvalue weighted by atomic mass is 9.84. The van der Waals surface area contributed by atoms with Gasteiger partial charge in [-0.3, -0.25) is 29.0 Å². The van der Waals surface area contributed by atoms with Crippen molar-refractivity contribution in [1.82, 2.24) is 9.80 Å². The number of rotatable bonds is 6. The first-order valence-corrected chi connectivity index (χ1v) is 19.1. The smallest absolute Gasteiger partial charge is 0.239 e. The highest BCUT2D eigenvalue weighted by Crippen LogP contribution is 2.53. The van der Waals surface area contributed by atoms with Crippen molar-refractivity contribution in [1.29, 1.82) is 0 Å². The van der Waals surface area contributed by atoms with Crippen LogP contribution in [0.15, 0.2) is 84.9 Å². The quantitative estimate of drug-likeness (QED) is 0.253. The Bertz CT molecular complexity index is 2070. The van der Waals surface area contributed by atoms with Crippen molar-refractivity contribution in [2.75, 3.05) is 64.4 Å². The molecule has 12 nitrogen and oxygen atoms in total. The molecule has 4 amide bonds. The molecule has 4 saturated heterocycles. The van der Waals surface area contributed by atoms with Crippen LogP contribution in [0.5, 0.6) is 23.0 Å². The van der Waals surface area contributed by atoms with E-state index in [0.29, 0.717) is 47.5 Å². The lowest BCUT2D eigenvalue weighted by Gasteiger charge is -2.35. The maximum absolute atomic E-state index is 13.4. The van der Waals surface area contributed by atoms with E-state index < -0.39 is 0 Å².